The summed E-state index contributed by atoms with van der Waals surface area (Å²) in [6, 6.07) is 7.65. The molecule has 1 heterocycles. The van der Waals surface area contributed by atoms with Gasteiger partial charge in [-0.25, -0.2) is 9.59 Å². The Kier molecular flexibility index (Phi) is 6.98. The first-order valence-electron chi connectivity index (χ1n) is 7.50. The molecule has 0 saturated heterocycles. The van der Waals surface area contributed by atoms with Crippen LogP contribution in [0.2, 0.25) is 0 Å². The highest BCUT2D eigenvalue weighted by atomic mass is 79.9. The van der Waals surface area contributed by atoms with Crippen LogP contribution in [0.5, 0.6) is 5.75 Å². The number of esters is 2. The van der Waals surface area contributed by atoms with Crippen molar-refractivity contribution in [2.24, 2.45) is 5.73 Å². The predicted molar refractivity (Wildman–Crippen MR) is 98.8 cm³/mol. The number of methoxy groups -OCH3 is 1. The molecule has 0 amide bonds. The smallest absolute Gasteiger partial charge is 0.351 e. The molecule has 6 nitrogen and oxygen atoms in total. The predicted octanol–water partition coefficient (Wildman–Crippen LogP) is 3.36. The quantitative estimate of drug-likeness (QED) is 0.681. The third kappa shape index (κ3) is 4.59. The molecule has 0 spiro atoms. The summed E-state index contributed by atoms with van der Waals surface area (Å²) in [5.74, 6) is -0.776. The van der Waals surface area contributed by atoms with Gasteiger partial charge in [-0.05, 0) is 34.0 Å². The number of hydrogen-bond donors (Lipinski definition) is 1. The number of ether oxygens (including phenoxy) is 3. The van der Waals surface area contributed by atoms with Crippen molar-refractivity contribution in [3.63, 3.8) is 0 Å². The van der Waals surface area contributed by atoms with Gasteiger partial charge in [-0.1, -0.05) is 24.3 Å². The van der Waals surface area contributed by atoms with E-state index in [2.05, 4.69) is 15.9 Å². The summed E-state index contributed by atoms with van der Waals surface area (Å²) >= 11 is 4.68. The Morgan fingerprint density at radius 3 is 2.48 bits per heavy atom. The lowest BCUT2D eigenvalue weighted by molar-refractivity contribution is -0.145. The zero-order chi connectivity index (χ0) is 18.4. The Balaban J connectivity index is 2.37. The first-order valence-corrected chi connectivity index (χ1v) is 9.11. The van der Waals surface area contributed by atoms with E-state index < -0.39 is 11.9 Å². The fraction of sp³-hybridized carbons (Fsp3) is 0.294. The maximum atomic E-state index is 12.1. The minimum absolute atomic E-state index is 0.260. The van der Waals surface area contributed by atoms with Crippen LogP contribution in [0.3, 0.4) is 0 Å². The Morgan fingerprint density at radius 1 is 1.24 bits per heavy atom. The average Bonchev–Trinajstić information content (AvgIpc) is 2.96. The van der Waals surface area contributed by atoms with E-state index in [9.17, 15) is 9.59 Å². The van der Waals surface area contributed by atoms with Crippen LogP contribution in [0, 0.1) is 0 Å². The highest BCUT2D eigenvalue weighted by Crippen LogP contribution is 2.45. The molecule has 134 valence electrons. The molecule has 0 aliphatic rings. The Bertz CT molecular complexity index is 757. The third-order valence-electron chi connectivity index (χ3n) is 3.27. The number of rotatable bonds is 7. The topological polar surface area (TPSA) is 87.8 Å². The fourth-order valence-corrected chi connectivity index (χ4v) is 4.04. The highest BCUT2D eigenvalue weighted by molar-refractivity contribution is 9.10. The third-order valence-corrected chi connectivity index (χ3v) is 5.49. The second kappa shape index (κ2) is 8.98. The van der Waals surface area contributed by atoms with Gasteiger partial charge < -0.3 is 19.9 Å². The van der Waals surface area contributed by atoms with Crippen LogP contribution < -0.4 is 10.5 Å². The molecule has 0 fully saturated rings. The number of carbonyl (C=O) groups excluding carboxylic acids is 2. The molecule has 1 aromatic heterocycles. The molecule has 0 unspecified atom stereocenters. The van der Waals surface area contributed by atoms with E-state index in [1.807, 2.05) is 24.3 Å². The van der Waals surface area contributed by atoms with Gasteiger partial charge in [-0.2, -0.15) is 0 Å². The molecule has 0 bridgehead atoms. The van der Waals surface area contributed by atoms with E-state index in [0.29, 0.717) is 11.0 Å². The molecule has 8 heteroatoms. The molecule has 0 radical (unpaired) electrons. The number of thiophene rings is 1. The van der Waals surface area contributed by atoms with Crippen molar-refractivity contribution in [2.75, 3.05) is 20.3 Å². The van der Waals surface area contributed by atoms with Crippen molar-refractivity contribution in [3.05, 3.63) is 39.2 Å². The summed E-state index contributed by atoms with van der Waals surface area (Å²) in [4.78, 5) is 24.7. The van der Waals surface area contributed by atoms with E-state index in [1.54, 1.807) is 6.92 Å². The normalized spacial score (nSPS) is 10.4. The van der Waals surface area contributed by atoms with Gasteiger partial charge in [0.05, 0.1) is 23.1 Å². The fourth-order valence-electron chi connectivity index (χ4n) is 2.06. The van der Waals surface area contributed by atoms with Crippen molar-refractivity contribution in [2.45, 2.75) is 13.5 Å². The molecule has 25 heavy (non-hydrogen) atoms. The molecule has 2 N–H and O–H groups in total. The monoisotopic (exact) mass is 427 g/mol. The number of halogens is 1. The zero-order valence-corrected chi connectivity index (χ0v) is 16.2. The second-order valence-corrected chi connectivity index (χ2v) is 6.70. The number of hydrogen-bond acceptors (Lipinski definition) is 7. The van der Waals surface area contributed by atoms with Gasteiger partial charge in [0, 0.05) is 6.54 Å². The maximum Gasteiger partial charge on any atom is 0.351 e. The van der Waals surface area contributed by atoms with Crippen LogP contribution in [0.15, 0.2) is 28.7 Å². The SMILES string of the molecule is CCOC(=O)COc1c(C(=O)OC)sc(-c2ccc(CN)cc2)c1Br. The summed E-state index contributed by atoms with van der Waals surface area (Å²) in [7, 11) is 1.29. The largest absolute Gasteiger partial charge is 0.479 e. The van der Waals surface area contributed by atoms with Crippen LogP contribution in [-0.2, 0) is 20.8 Å². The van der Waals surface area contributed by atoms with Gasteiger partial charge in [-0.3, -0.25) is 0 Å². The summed E-state index contributed by atoms with van der Waals surface area (Å²) < 4.78 is 15.8. The summed E-state index contributed by atoms with van der Waals surface area (Å²) in [6.45, 7) is 2.13. The van der Waals surface area contributed by atoms with Gasteiger partial charge in [0.1, 0.15) is 0 Å². The van der Waals surface area contributed by atoms with Crippen LogP contribution >= 0.6 is 27.3 Å². The molecule has 0 aliphatic heterocycles. The first-order chi connectivity index (χ1) is 12.0. The molecule has 0 aliphatic carbocycles. The summed E-state index contributed by atoms with van der Waals surface area (Å²) in [6.07, 6.45) is 0. The van der Waals surface area contributed by atoms with E-state index in [-0.39, 0.29) is 23.8 Å². The Labute approximate surface area is 158 Å². The highest BCUT2D eigenvalue weighted by Gasteiger charge is 2.25. The Hall–Kier alpha value is -1.90. The maximum absolute atomic E-state index is 12.1. The number of nitrogens with two attached hydrogens (primary N) is 1. The lowest BCUT2D eigenvalue weighted by atomic mass is 10.1. The van der Waals surface area contributed by atoms with Crippen molar-refractivity contribution >= 4 is 39.2 Å². The minimum Gasteiger partial charge on any atom is -0.479 e. The van der Waals surface area contributed by atoms with Crippen molar-refractivity contribution in [1.29, 1.82) is 0 Å². The molecule has 1 aromatic carbocycles. The second-order valence-electron chi connectivity index (χ2n) is 4.89. The molecule has 2 aromatic rings. The van der Waals surface area contributed by atoms with Crippen LogP contribution in [0.1, 0.15) is 22.2 Å². The molecule has 0 saturated carbocycles. The summed E-state index contributed by atoms with van der Waals surface area (Å²) in [5, 5.41) is 0. The lowest BCUT2D eigenvalue weighted by Gasteiger charge is -2.07. The van der Waals surface area contributed by atoms with Gasteiger partial charge in [-0.15, -0.1) is 11.3 Å². The molecule has 2 rings (SSSR count). The Morgan fingerprint density at radius 2 is 1.92 bits per heavy atom. The van der Waals surface area contributed by atoms with E-state index in [4.69, 9.17) is 19.9 Å². The van der Waals surface area contributed by atoms with E-state index in [1.165, 1.54) is 18.4 Å². The molecular formula is C17H18BrNO5S. The van der Waals surface area contributed by atoms with Gasteiger partial charge >= 0.3 is 11.9 Å². The minimum atomic E-state index is -0.533. The first kappa shape index (κ1) is 19.4. The molecule has 0 atom stereocenters. The van der Waals surface area contributed by atoms with E-state index >= 15 is 0 Å². The van der Waals surface area contributed by atoms with Crippen molar-refractivity contribution < 1.29 is 23.8 Å². The van der Waals surface area contributed by atoms with Crippen molar-refractivity contribution in [3.8, 4) is 16.2 Å². The zero-order valence-electron chi connectivity index (χ0n) is 13.8. The molecular weight excluding hydrogens is 410 g/mol. The van der Waals surface area contributed by atoms with Crippen LogP contribution in [-0.4, -0.2) is 32.3 Å². The van der Waals surface area contributed by atoms with E-state index in [0.717, 1.165) is 16.0 Å². The number of benzene rings is 1. The lowest BCUT2D eigenvalue weighted by Crippen LogP contribution is -2.15. The van der Waals surface area contributed by atoms with Crippen LogP contribution in [0.4, 0.5) is 0 Å². The van der Waals surface area contributed by atoms with Crippen LogP contribution in [0.25, 0.3) is 10.4 Å². The average molecular weight is 428 g/mol. The number of carbonyl (C=O) groups is 2. The van der Waals surface area contributed by atoms with Gasteiger partial charge in [0.2, 0.25) is 0 Å². The summed E-state index contributed by atoms with van der Waals surface area (Å²) in [5.41, 5.74) is 7.51. The van der Waals surface area contributed by atoms with Gasteiger partial charge in [0.25, 0.3) is 0 Å². The van der Waals surface area contributed by atoms with Crippen molar-refractivity contribution in [1.82, 2.24) is 0 Å². The standard InChI is InChI=1S/C17H18BrNO5S/c1-3-23-12(20)9-24-14-13(18)15(25-16(14)17(21)22-2)11-6-4-10(8-19)5-7-11/h4-7H,3,8-9,19H2,1-2H3. The van der Waals surface area contributed by atoms with Gasteiger partial charge in [0.15, 0.2) is 17.2 Å².